The number of likely N-dealkylation sites (tertiary alicyclic amines) is 1. The lowest BCUT2D eigenvalue weighted by Crippen LogP contribution is -2.58. The van der Waals surface area contributed by atoms with E-state index in [-0.39, 0.29) is 40.7 Å². The number of rotatable bonds is 12. The number of aromatic amines is 1. The van der Waals surface area contributed by atoms with Crippen LogP contribution in [0.15, 0.2) is 78.4 Å². The maximum absolute atomic E-state index is 14.3. The third-order valence-corrected chi connectivity index (χ3v) is 14.1. The van der Waals surface area contributed by atoms with Gasteiger partial charge in [0.1, 0.15) is 23.5 Å². The Morgan fingerprint density at radius 1 is 0.968 bits per heavy atom. The van der Waals surface area contributed by atoms with Gasteiger partial charge in [0.2, 0.25) is 17.7 Å². The van der Waals surface area contributed by atoms with Gasteiger partial charge in [0.15, 0.2) is 0 Å². The number of carbonyl (C=O) groups excluding carboxylic acids is 4. The van der Waals surface area contributed by atoms with E-state index in [4.69, 9.17) is 4.74 Å². The molecule has 14 nitrogen and oxygen atoms in total. The van der Waals surface area contributed by atoms with E-state index in [1.807, 2.05) is 81.7 Å². The van der Waals surface area contributed by atoms with E-state index in [0.29, 0.717) is 36.6 Å². The van der Waals surface area contributed by atoms with Crippen LogP contribution in [-0.2, 0) is 20.9 Å². The molecule has 0 bridgehead atoms. The van der Waals surface area contributed by atoms with Gasteiger partial charge in [-0.15, -0.1) is 11.3 Å². The number of piperidine rings is 1. The number of hydrogen-bond acceptors (Lipinski definition) is 10. The van der Waals surface area contributed by atoms with Crippen LogP contribution in [0.25, 0.3) is 21.8 Å². The highest BCUT2D eigenvalue weighted by molar-refractivity contribution is 7.13. The van der Waals surface area contributed by atoms with Gasteiger partial charge in [-0.25, -0.2) is 9.97 Å². The number of pyridine rings is 1. The molecule has 1 aliphatic carbocycles. The second-order valence-corrected chi connectivity index (χ2v) is 19.2. The fraction of sp³-hybridized carbons (Fsp3) is 0.438. The molecule has 2 aliphatic heterocycles. The number of methoxy groups -OCH3 is 1. The molecule has 4 N–H and O–H groups in total. The molecule has 1 unspecified atom stereocenters. The lowest BCUT2D eigenvalue weighted by atomic mass is 9.76. The van der Waals surface area contributed by atoms with E-state index in [9.17, 15) is 19.2 Å². The molecule has 3 atom stereocenters. The molecule has 0 radical (unpaired) electrons. The minimum absolute atomic E-state index is 0.0496. The number of nitrogens with zero attached hydrogens (tertiary/aromatic N) is 5. The minimum atomic E-state index is -0.759. The zero-order chi connectivity index (χ0) is 44.3. The average molecular weight is 872 g/mol. The van der Waals surface area contributed by atoms with Gasteiger partial charge in [0.25, 0.3) is 5.91 Å². The van der Waals surface area contributed by atoms with Crippen LogP contribution < -0.4 is 25.6 Å². The van der Waals surface area contributed by atoms with Crippen LogP contribution in [-0.4, -0.2) is 87.5 Å². The Morgan fingerprint density at radius 2 is 1.76 bits per heavy atom. The summed E-state index contributed by atoms with van der Waals surface area (Å²) in [5, 5.41) is 16.1. The molecule has 4 amide bonds. The number of carbonyl (C=O) groups is 4. The highest BCUT2D eigenvalue weighted by atomic mass is 32.1. The van der Waals surface area contributed by atoms with Gasteiger partial charge < -0.3 is 30.5 Å². The van der Waals surface area contributed by atoms with E-state index in [0.717, 1.165) is 84.7 Å². The number of aromatic nitrogens is 4. The Labute approximate surface area is 372 Å². The number of nitrogens with one attached hydrogen (secondary N) is 4. The number of hydrogen-bond donors (Lipinski definition) is 4. The first-order chi connectivity index (χ1) is 30.3. The normalized spacial score (nSPS) is 18.9. The third-order valence-electron chi connectivity index (χ3n) is 13.1. The summed E-state index contributed by atoms with van der Waals surface area (Å²) < 4.78 is 5.73. The van der Waals surface area contributed by atoms with Crippen LogP contribution in [0.3, 0.4) is 0 Å². The summed E-state index contributed by atoms with van der Waals surface area (Å²) in [6.07, 6.45) is 7.35. The molecular weight excluding hydrogens is 815 g/mol. The van der Waals surface area contributed by atoms with Gasteiger partial charge in [-0.2, -0.15) is 5.10 Å². The number of amides is 4. The van der Waals surface area contributed by atoms with Crippen molar-refractivity contribution in [3.05, 3.63) is 95.4 Å². The molecule has 15 heteroatoms. The molecule has 1 spiro atoms. The molecule has 2 saturated heterocycles. The first kappa shape index (κ1) is 43.6. The fourth-order valence-electron chi connectivity index (χ4n) is 9.44. The van der Waals surface area contributed by atoms with Crippen molar-refractivity contribution in [2.24, 2.45) is 16.7 Å². The monoisotopic (exact) mass is 871 g/mol. The van der Waals surface area contributed by atoms with Crippen LogP contribution in [0.2, 0.25) is 0 Å². The number of aryl methyl sites for hydroxylation is 1. The lowest BCUT2D eigenvalue weighted by Gasteiger charge is -2.41. The molecular formula is C48H57N9O5S. The number of thiazole rings is 1. The molecule has 8 rings (SSSR count). The number of H-pyrrole nitrogens is 1. The molecule has 63 heavy (non-hydrogen) atoms. The molecule has 3 aliphatic rings. The highest BCUT2D eigenvalue weighted by Crippen LogP contribution is 2.50. The quantitative estimate of drug-likeness (QED) is 0.0997. The maximum atomic E-state index is 14.3. The zero-order valence-corrected chi connectivity index (χ0v) is 37.5. The molecule has 5 aromatic rings. The largest absolute Gasteiger partial charge is 0.494 e. The number of anilines is 2. The Bertz CT molecular complexity index is 2440. The van der Waals surface area contributed by atoms with Crippen molar-refractivity contribution >= 4 is 46.3 Å². The van der Waals surface area contributed by atoms with E-state index >= 15 is 0 Å². The van der Waals surface area contributed by atoms with Crippen LogP contribution >= 0.6 is 11.3 Å². The van der Waals surface area contributed by atoms with E-state index in [1.54, 1.807) is 47.7 Å². The van der Waals surface area contributed by atoms with Gasteiger partial charge in [-0.05, 0) is 104 Å². The van der Waals surface area contributed by atoms with Crippen molar-refractivity contribution in [3.8, 4) is 27.6 Å². The first-order valence-corrected chi connectivity index (χ1v) is 22.8. The minimum Gasteiger partial charge on any atom is -0.494 e. The second kappa shape index (κ2) is 18.3. The molecule has 5 heterocycles. The third kappa shape index (κ3) is 9.63. The smallest absolute Gasteiger partial charge is 0.274 e. The molecule has 330 valence electrons. The van der Waals surface area contributed by atoms with Gasteiger partial charge in [-0.3, -0.25) is 24.3 Å². The SMILES string of the molecule is COc1cc(N2CCC3(CCC(C(=O)N[C@H](C(=O)N4CCC[C@H]4C(=O)NCc4ccc(-c5scnc5C)cc4)C(C)(C)C)C3)CC2)ccc1NC(=O)c1cccc(-c2ccn[nH]2)n1. The topological polar surface area (TPSA) is 175 Å². The summed E-state index contributed by atoms with van der Waals surface area (Å²) in [6.45, 7) is 10.4. The Balaban J connectivity index is 0.839. The molecule has 3 fully saturated rings. The zero-order valence-electron chi connectivity index (χ0n) is 36.7. The number of ether oxygens (including phenoxy) is 1. The van der Waals surface area contributed by atoms with Gasteiger partial charge in [0.05, 0.1) is 40.3 Å². The summed E-state index contributed by atoms with van der Waals surface area (Å²) in [5.41, 5.74) is 7.57. The second-order valence-electron chi connectivity index (χ2n) is 18.3. The summed E-state index contributed by atoms with van der Waals surface area (Å²) in [7, 11) is 1.59. The van der Waals surface area contributed by atoms with Crippen molar-refractivity contribution in [3.63, 3.8) is 0 Å². The van der Waals surface area contributed by atoms with Gasteiger partial charge in [-0.1, -0.05) is 51.1 Å². The van der Waals surface area contributed by atoms with Crippen LogP contribution in [0, 0.1) is 23.7 Å². The van der Waals surface area contributed by atoms with Crippen molar-refractivity contribution in [1.82, 2.24) is 35.7 Å². The van der Waals surface area contributed by atoms with Crippen molar-refractivity contribution in [2.75, 3.05) is 37.0 Å². The fourth-order valence-corrected chi connectivity index (χ4v) is 10.2. The lowest BCUT2D eigenvalue weighted by molar-refractivity contribution is -0.144. The van der Waals surface area contributed by atoms with Crippen LogP contribution in [0.4, 0.5) is 11.4 Å². The maximum Gasteiger partial charge on any atom is 0.274 e. The van der Waals surface area contributed by atoms with Crippen LogP contribution in [0.5, 0.6) is 5.75 Å². The summed E-state index contributed by atoms with van der Waals surface area (Å²) in [6, 6.07) is 19.7. The first-order valence-electron chi connectivity index (χ1n) is 21.9. The van der Waals surface area contributed by atoms with Crippen molar-refractivity contribution in [1.29, 1.82) is 0 Å². The molecule has 3 aromatic heterocycles. The Hall–Kier alpha value is -6.09. The van der Waals surface area contributed by atoms with Gasteiger partial charge >= 0.3 is 0 Å². The van der Waals surface area contributed by atoms with E-state index < -0.39 is 17.5 Å². The van der Waals surface area contributed by atoms with E-state index in [2.05, 4.69) is 41.0 Å². The standard InChI is InChI=1S/C48H57N9O5S/c1-30-41(63-29-50-30)32-13-11-31(12-14-32)28-49-45(60)39-10-7-23-57(39)46(61)42(47(2,3)4)54-43(58)33-17-19-48(27-33)20-24-56(25-21-48)34-15-16-37(40(26-34)62-5)53-44(59)38-9-6-8-35(52-38)36-18-22-51-55-36/h6,8-9,11-16,18,22,26,29,33,39,42H,7,10,17,19-21,23-25,27-28H2,1-5H3,(H,49,60)(H,51,55)(H,53,59)(H,54,58)/t33?,39-,42+/m0/s1. The highest BCUT2D eigenvalue weighted by Gasteiger charge is 2.46. The number of benzene rings is 2. The molecule has 1 saturated carbocycles. The van der Waals surface area contributed by atoms with E-state index in [1.165, 1.54) is 0 Å². The van der Waals surface area contributed by atoms with Gasteiger partial charge in [0, 0.05) is 50.0 Å². The van der Waals surface area contributed by atoms with Crippen molar-refractivity contribution in [2.45, 2.75) is 91.3 Å². The molecule has 2 aromatic carbocycles. The summed E-state index contributed by atoms with van der Waals surface area (Å²) in [5.74, 6) is -0.428. The average Bonchev–Trinajstić information content (AvgIpc) is 4.14. The predicted octanol–water partition coefficient (Wildman–Crippen LogP) is 7.39. The summed E-state index contributed by atoms with van der Waals surface area (Å²) >= 11 is 1.61. The van der Waals surface area contributed by atoms with Crippen LogP contribution in [0.1, 0.15) is 87.5 Å². The predicted molar refractivity (Wildman–Crippen MR) is 244 cm³/mol. The Morgan fingerprint density at radius 3 is 2.46 bits per heavy atom. The Kier molecular flexibility index (Phi) is 12.7. The summed E-state index contributed by atoms with van der Waals surface area (Å²) in [4.78, 5) is 69.1. The van der Waals surface area contributed by atoms with Crippen molar-refractivity contribution < 1.29 is 23.9 Å².